The smallest absolute Gasteiger partial charge is 0.407 e. The van der Waals surface area contributed by atoms with Crippen LogP contribution >= 0.6 is 11.6 Å². The molecule has 1 amide bonds. The van der Waals surface area contributed by atoms with Gasteiger partial charge in [-0.15, -0.1) is 10.2 Å². The number of hydrogen-bond acceptors (Lipinski definition) is 4. The molecule has 0 atom stereocenters. The Bertz CT molecular complexity index is 651. The highest BCUT2D eigenvalue weighted by Gasteiger charge is 2.15. The number of rotatable bonds is 3. The van der Waals surface area contributed by atoms with E-state index in [1.807, 2.05) is 45.0 Å². The van der Waals surface area contributed by atoms with Crippen molar-refractivity contribution in [3.8, 4) is 11.3 Å². The summed E-state index contributed by atoms with van der Waals surface area (Å²) in [6.45, 7) is 5.86. The Balaban J connectivity index is 2.03. The molecule has 0 unspecified atom stereocenters. The van der Waals surface area contributed by atoms with Crippen molar-refractivity contribution in [3.63, 3.8) is 0 Å². The Morgan fingerprint density at radius 2 is 2.00 bits per heavy atom. The standard InChI is InChI=1S/C16H18ClN3O2/c1-16(2,3)22-15(21)18-10-11-5-4-6-12(9-11)13-7-8-14(17)20-19-13/h4-9H,10H2,1-3H3,(H,18,21). The fourth-order valence-electron chi connectivity index (χ4n) is 1.80. The molecule has 1 heterocycles. The van der Waals surface area contributed by atoms with Gasteiger partial charge in [0, 0.05) is 12.1 Å². The first-order valence-corrected chi connectivity index (χ1v) is 7.27. The second-order valence-corrected chi connectivity index (χ2v) is 6.18. The van der Waals surface area contributed by atoms with Crippen LogP contribution in [0.25, 0.3) is 11.3 Å². The zero-order chi connectivity index (χ0) is 16.2. The molecule has 0 fully saturated rings. The normalized spacial score (nSPS) is 11.1. The van der Waals surface area contributed by atoms with Crippen LogP contribution in [0.4, 0.5) is 4.79 Å². The number of ether oxygens (including phenoxy) is 1. The molecule has 1 aromatic heterocycles. The second kappa shape index (κ2) is 6.75. The lowest BCUT2D eigenvalue weighted by Crippen LogP contribution is -2.32. The van der Waals surface area contributed by atoms with Crippen LogP contribution in [0, 0.1) is 0 Å². The van der Waals surface area contributed by atoms with Crippen molar-refractivity contribution in [1.82, 2.24) is 15.5 Å². The molecule has 0 aliphatic carbocycles. The Hall–Kier alpha value is -2.14. The number of hydrogen-bond donors (Lipinski definition) is 1. The molecule has 0 radical (unpaired) electrons. The van der Waals surface area contributed by atoms with Crippen molar-refractivity contribution in [3.05, 3.63) is 47.1 Å². The number of carbonyl (C=O) groups is 1. The third-order valence-electron chi connectivity index (χ3n) is 2.69. The minimum atomic E-state index is -0.509. The number of halogens is 1. The van der Waals surface area contributed by atoms with E-state index in [0.29, 0.717) is 11.7 Å². The van der Waals surface area contributed by atoms with Gasteiger partial charge < -0.3 is 10.1 Å². The van der Waals surface area contributed by atoms with Crippen molar-refractivity contribution in [1.29, 1.82) is 0 Å². The van der Waals surface area contributed by atoms with Gasteiger partial charge >= 0.3 is 6.09 Å². The first-order chi connectivity index (χ1) is 10.3. The van der Waals surface area contributed by atoms with Crippen LogP contribution in [-0.2, 0) is 11.3 Å². The van der Waals surface area contributed by atoms with Gasteiger partial charge in [0.1, 0.15) is 5.60 Å². The van der Waals surface area contributed by atoms with Gasteiger partial charge in [0.15, 0.2) is 5.15 Å². The topological polar surface area (TPSA) is 64.1 Å². The SMILES string of the molecule is CC(C)(C)OC(=O)NCc1cccc(-c2ccc(Cl)nn2)c1. The van der Waals surface area contributed by atoms with Crippen LogP contribution in [0.1, 0.15) is 26.3 Å². The molecule has 2 rings (SSSR count). The molecule has 2 aromatic rings. The van der Waals surface area contributed by atoms with Gasteiger partial charge in [-0.1, -0.05) is 29.8 Å². The molecule has 0 saturated carbocycles. The van der Waals surface area contributed by atoms with E-state index >= 15 is 0 Å². The summed E-state index contributed by atoms with van der Waals surface area (Å²) in [6, 6.07) is 11.2. The lowest BCUT2D eigenvalue weighted by atomic mass is 10.1. The maximum Gasteiger partial charge on any atom is 0.407 e. The lowest BCUT2D eigenvalue weighted by molar-refractivity contribution is 0.0523. The number of nitrogens with zero attached hydrogens (tertiary/aromatic N) is 2. The Morgan fingerprint density at radius 1 is 1.23 bits per heavy atom. The number of benzene rings is 1. The van der Waals surface area contributed by atoms with Crippen molar-refractivity contribution in [2.45, 2.75) is 32.9 Å². The number of nitrogens with one attached hydrogen (secondary N) is 1. The lowest BCUT2D eigenvalue weighted by Gasteiger charge is -2.19. The van der Waals surface area contributed by atoms with Gasteiger partial charge in [-0.2, -0.15) is 0 Å². The average Bonchev–Trinajstić information content (AvgIpc) is 2.44. The molecule has 116 valence electrons. The molecule has 6 heteroatoms. The number of carbonyl (C=O) groups excluding carboxylic acids is 1. The van der Waals surface area contributed by atoms with E-state index in [0.717, 1.165) is 16.8 Å². The van der Waals surface area contributed by atoms with Gasteiger partial charge in [0.05, 0.1) is 5.69 Å². The van der Waals surface area contributed by atoms with Crippen LogP contribution in [0.5, 0.6) is 0 Å². The molecule has 0 spiro atoms. The van der Waals surface area contributed by atoms with Crippen LogP contribution in [0.15, 0.2) is 36.4 Å². The molecule has 0 bridgehead atoms. The maximum absolute atomic E-state index is 11.7. The molecule has 22 heavy (non-hydrogen) atoms. The number of amides is 1. The van der Waals surface area contributed by atoms with E-state index in [1.54, 1.807) is 12.1 Å². The first kappa shape index (κ1) is 16.2. The molecule has 0 saturated heterocycles. The Morgan fingerprint density at radius 3 is 2.64 bits per heavy atom. The molecule has 0 aliphatic heterocycles. The van der Waals surface area contributed by atoms with Gasteiger partial charge in [-0.3, -0.25) is 0 Å². The van der Waals surface area contributed by atoms with Gasteiger partial charge in [0.2, 0.25) is 0 Å². The summed E-state index contributed by atoms with van der Waals surface area (Å²) in [5.74, 6) is 0. The zero-order valence-corrected chi connectivity index (χ0v) is 13.5. The van der Waals surface area contributed by atoms with Crippen molar-refractivity contribution in [2.75, 3.05) is 0 Å². The molecular formula is C16H18ClN3O2. The summed E-state index contributed by atoms with van der Waals surface area (Å²) in [7, 11) is 0. The minimum absolute atomic E-state index is 0.353. The molecule has 1 aromatic carbocycles. The summed E-state index contributed by atoms with van der Waals surface area (Å²) in [4.78, 5) is 11.7. The van der Waals surface area contributed by atoms with Crippen LogP contribution in [0.3, 0.4) is 0 Å². The summed E-state index contributed by atoms with van der Waals surface area (Å²) in [6.07, 6.45) is -0.441. The zero-order valence-electron chi connectivity index (χ0n) is 12.8. The largest absolute Gasteiger partial charge is 0.444 e. The van der Waals surface area contributed by atoms with Crippen molar-refractivity contribution in [2.24, 2.45) is 0 Å². The second-order valence-electron chi connectivity index (χ2n) is 5.80. The fourth-order valence-corrected chi connectivity index (χ4v) is 1.90. The highest BCUT2D eigenvalue weighted by molar-refractivity contribution is 6.29. The summed E-state index contributed by atoms with van der Waals surface area (Å²) >= 11 is 5.73. The highest BCUT2D eigenvalue weighted by Crippen LogP contribution is 2.18. The van der Waals surface area contributed by atoms with Crippen LogP contribution < -0.4 is 5.32 Å². The predicted molar refractivity (Wildman–Crippen MR) is 85.6 cm³/mol. The summed E-state index contributed by atoms with van der Waals surface area (Å²) in [5, 5.41) is 10.9. The summed E-state index contributed by atoms with van der Waals surface area (Å²) < 4.78 is 5.20. The van der Waals surface area contributed by atoms with Crippen LogP contribution in [-0.4, -0.2) is 21.9 Å². The molecule has 0 aliphatic rings. The molecular weight excluding hydrogens is 302 g/mol. The number of aromatic nitrogens is 2. The van der Waals surface area contributed by atoms with Gasteiger partial charge in [0.25, 0.3) is 0 Å². The summed E-state index contributed by atoms with van der Waals surface area (Å²) in [5.41, 5.74) is 2.07. The fraction of sp³-hybridized carbons (Fsp3) is 0.312. The van der Waals surface area contributed by atoms with Crippen LogP contribution in [0.2, 0.25) is 5.15 Å². The number of alkyl carbamates (subject to hydrolysis) is 1. The van der Waals surface area contributed by atoms with E-state index in [2.05, 4.69) is 15.5 Å². The molecule has 1 N–H and O–H groups in total. The molecule has 5 nitrogen and oxygen atoms in total. The average molecular weight is 320 g/mol. The van der Waals surface area contributed by atoms with E-state index in [9.17, 15) is 4.79 Å². The first-order valence-electron chi connectivity index (χ1n) is 6.89. The van der Waals surface area contributed by atoms with E-state index < -0.39 is 11.7 Å². The van der Waals surface area contributed by atoms with E-state index in [-0.39, 0.29) is 0 Å². The minimum Gasteiger partial charge on any atom is -0.444 e. The maximum atomic E-state index is 11.7. The highest BCUT2D eigenvalue weighted by atomic mass is 35.5. The van der Waals surface area contributed by atoms with E-state index in [1.165, 1.54) is 0 Å². The monoisotopic (exact) mass is 319 g/mol. The van der Waals surface area contributed by atoms with Gasteiger partial charge in [-0.25, -0.2) is 4.79 Å². The third-order valence-corrected chi connectivity index (χ3v) is 2.89. The van der Waals surface area contributed by atoms with Gasteiger partial charge in [-0.05, 0) is 44.5 Å². The van der Waals surface area contributed by atoms with E-state index in [4.69, 9.17) is 16.3 Å². The van der Waals surface area contributed by atoms with Crippen molar-refractivity contribution < 1.29 is 9.53 Å². The van der Waals surface area contributed by atoms with Crippen molar-refractivity contribution >= 4 is 17.7 Å². The predicted octanol–water partition coefficient (Wildman–Crippen LogP) is 3.82. The third kappa shape index (κ3) is 5.00. The quantitative estimate of drug-likeness (QED) is 0.934. The Kier molecular flexibility index (Phi) is 4.98. The Labute approximate surface area is 134 Å².